The standard InChI is InChI=1S/C21H25NO3S/c1-4-22(5-2)20(23)19(17-9-7-6-8-10-17)26-15-16-11-13-18(14-12-16)21(24)25-3/h6-14,19H,4-5,15H2,1-3H3. The number of ether oxygens (including phenoxy) is 1. The second-order valence-corrected chi connectivity index (χ2v) is 6.89. The van der Waals surface area contributed by atoms with Crippen molar-refractivity contribution < 1.29 is 14.3 Å². The van der Waals surface area contributed by atoms with E-state index >= 15 is 0 Å². The molecule has 2 aromatic carbocycles. The van der Waals surface area contributed by atoms with Crippen LogP contribution in [0.25, 0.3) is 0 Å². The predicted octanol–water partition coefficient (Wildman–Crippen LogP) is 4.32. The Kier molecular flexibility index (Phi) is 7.73. The summed E-state index contributed by atoms with van der Waals surface area (Å²) in [5.74, 6) is 0.481. The average molecular weight is 372 g/mol. The summed E-state index contributed by atoms with van der Waals surface area (Å²) in [6.07, 6.45) is 0. The predicted molar refractivity (Wildman–Crippen MR) is 106 cm³/mol. The fraction of sp³-hybridized carbons (Fsp3) is 0.333. The van der Waals surface area contributed by atoms with Gasteiger partial charge < -0.3 is 9.64 Å². The molecule has 0 heterocycles. The number of likely N-dealkylation sites (N-methyl/N-ethyl adjacent to an activating group) is 1. The molecular formula is C21H25NO3S. The third kappa shape index (κ3) is 5.11. The van der Waals surface area contributed by atoms with Crippen molar-refractivity contribution in [1.29, 1.82) is 0 Å². The number of carbonyl (C=O) groups excluding carboxylic acids is 2. The molecule has 0 bridgehead atoms. The summed E-state index contributed by atoms with van der Waals surface area (Å²) in [5, 5.41) is -0.239. The molecule has 5 heteroatoms. The quantitative estimate of drug-likeness (QED) is 0.649. The van der Waals surface area contributed by atoms with E-state index in [1.54, 1.807) is 23.9 Å². The number of hydrogen-bond donors (Lipinski definition) is 0. The fourth-order valence-electron chi connectivity index (χ4n) is 2.67. The molecule has 0 aromatic heterocycles. The van der Waals surface area contributed by atoms with Crippen molar-refractivity contribution in [2.75, 3.05) is 20.2 Å². The molecule has 0 aliphatic carbocycles. The summed E-state index contributed by atoms with van der Waals surface area (Å²) in [6, 6.07) is 17.2. The molecule has 2 aromatic rings. The van der Waals surface area contributed by atoms with Crippen LogP contribution < -0.4 is 0 Å². The number of benzene rings is 2. The van der Waals surface area contributed by atoms with Gasteiger partial charge in [0.05, 0.1) is 12.7 Å². The average Bonchev–Trinajstić information content (AvgIpc) is 2.70. The van der Waals surface area contributed by atoms with Gasteiger partial charge in [0.2, 0.25) is 5.91 Å². The zero-order chi connectivity index (χ0) is 18.9. The number of thioether (sulfide) groups is 1. The number of hydrogen-bond acceptors (Lipinski definition) is 4. The van der Waals surface area contributed by atoms with E-state index in [0.717, 1.165) is 11.1 Å². The van der Waals surface area contributed by atoms with Crippen molar-refractivity contribution >= 4 is 23.6 Å². The lowest BCUT2D eigenvalue weighted by Gasteiger charge is -2.25. The van der Waals surface area contributed by atoms with Crippen LogP contribution in [-0.2, 0) is 15.3 Å². The Morgan fingerprint density at radius 1 is 1.00 bits per heavy atom. The number of rotatable bonds is 8. The van der Waals surface area contributed by atoms with E-state index in [1.165, 1.54) is 7.11 Å². The lowest BCUT2D eigenvalue weighted by atomic mass is 10.1. The van der Waals surface area contributed by atoms with E-state index in [9.17, 15) is 9.59 Å². The molecule has 2 rings (SSSR count). The topological polar surface area (TPSA) is 46.6 Å². The first-order valence-corrected chi connectivity index (χ1v) is 9.78. The van der Waals surface area contributed by atoms with Crippen LogP contribution in [0.2, 0.25) is 0 Å². The lowest BCUT2D eigenvalue weighted by molar-refractivity contribution is -0.130. The van der Waals surface area contributed by atoms with Crippen LogP contribution in [0, 0.1) is 0 Å². The summed E-state index contributed by atoms with van der Waals surface area (Å²) < 4.78 is 4.72. The Labute approximate surface area is 159 Å². The van der Waals surface area contributed by atoms with Gasteiger partial charge in [0.1, 0.15) is 5.25 Å². The minimum atomic E-state index is -0.344. The first-order chi connectivity index (χ1) is 12.6. The first-order valence-electron chi connectivity index (χ1n) is 8.73. The molecule has 1 amide bonds. The maximum Gasteiger partial charge on any atom is 0.337 e. The highest BCUT2D eigenvalue weighted by molar-refractivity contribution is 7.99. The molecule has 0 saturated heterocycles. The van der Waals surface area contributed by atoms with Crippen LogP contribution in [0.5, 0.6) is 0 Å². The number of esters is 1. The van der Waals surface area contributed by atoms with E-state index in [0.29, 0.717) is 24.4 Å². The molecule has 0 aliphatic rings. The van der Waals surface area contributed by atoms with Gasteiger partial charge in [0.25, 0.3) is 0 Å². The Morgan fingerprint density at radius 2 is 1.62 bits per heavy atom. The van der Waals surface area contributed by atoms with Crippen molar-refractivity contribution in [3.05, 3.63) is 71.3 Å². The van der Waals surface area contributed by atoms with E-state index < -0.39 is 0 Å². The summed E-state index contributed by atoms with van der Waals surface area (Å²) in [6.45, 7) is 5.40. The van der Waals surface area contributed by atoms with Crippen molar-refractivity contribution in [3.63, 3.8) is 0 Å². The summed E-state index contributed by atoms with van der Waals surface area (Å²) in [5.41, 5.74) is 2.61. The minimum Gasteiger partial charge on any atom is -0.465 e. The third-order valence-corrected chi connectivity index (χ3v) is 5.50. The summed E-state index contributed by atoms with van der Waals surface area (Å²) >= 11 is 1.61. The molecule has 4 nitrogen and oxygen atoms in total. The molecule has 0 saturated carbocycles. The van der Waals surface area contributed by atoms with Crippen molar-refractivity contribution in [1.82, 2.24) is 4.90 Å². The van der Waals surface area contributed by atoms with E-state index in [4.69, 9.17) is 4.74 Å². The van der Waals surface area contributed by atoms with Crippen LogP contribution in [0.4, 0.5) is 0 Å². The van der Waals surface area contributed by atoms with Crippen LogP contribution in [0.3, 0.4) is 0 Å². The molecule has 26 heavy (non-hydrogen) atoms. The Balaban J connectivity index is 2.14. The molecule has 0 spiro atoms. The van der Waals surface area contributed by atoms with Crippen molar-refractivity contribution in [3.8, 4) is 0 Å². The third-order valence-electron chi connectivity index (χ3n) is 4.19. The minimum absolute atomic E-state index is 0.136. The number of carbonyl (C=O) groups is 2. The highest BCUT2D eigenvalue weighted by Crippen LogP contribution is 2.33. The second kappa shape index (κ2) is 10.0. The van der Waals surface area contributed by atoms with Gasteiger partial charge in [-0.25, -0.2) is 4.79 Å². The monoisotopic (exact) mass is 371 g/mol. The van der Waals surface area contributed by atoms with Crippen LogP contribution >= 0.6 is 11.8 Å². The smallest absolute Gasteiger partial charge is 0.337 e. The maximum atomic E-state index is 13.0. The lowest BCUT2D eigenvalue weighted by Crippen LogP contribution is -2.33. The molecule has 1 atom stereocenters. The van der Waals surface area contributed by atoms with Crippen LogP contribution in [0.1, 0.15) is 40.6 Å². The first kappa shape index (κ1) is 20.0. The van der Waals surface area contributed by atoms with Gasteiger partial charge in [-0.2, -0.15) is 0 Å². The molecule has 0 N–H and O–H groups in total. The van der Waals surface area contributed by atoms with Crippen LogP contribution in [0.15, 0.2) is 54.6 Å². The largest absolute Gasteiger partial charge is 0.465 e. The van der Waals surface area contributed by atoms with E-state index in [1.807, 2.05) is 61.2 Å². The van der Waals surface area contributed by atoms with Gasteiger partial charge in [-0.3, -0.25) is 4.79 Å². The maximum absolute atomic E-state index is 13.0. The van der Waals surface area contributed by atoms with Crippen molar-refractivity contribution in [2.45, 2.75) is 24.9 Å². The molecule has 0 fully saturated rings. The summed E-state index contributed by atoms with van der Waals surface area (Å²) in [7, 11) is 1.37. The van der Waals surface area contributed by atoms with Gasteiger partial charge in [-0.15, -0.1) is 11.8 Å². The second-order valence-electron chi connectivity index (χ2n) is 5.80. The van der Waals surface area contributed by atoms with E-state index in [-0.39, 0.29) is 17.1 Å². The van der Waals surface area contributed by atoms with Gasteiger partial charge in [-0.1, -0.05) is 42.5 Å². The Bertz CT molecular complexity index is 712. The molecule has 138 valence electrons. The fourth-order valence-corrected chi connectivity index (χ4v) is 3.87. The van der Waals surface area contributed by atoms with E-state index in [2.05, 4.69) is 0 Å². The normalized spacial score (nSPS) is 11.7. The summed E-state index contributed by atoms with van der Waals surface area (Å²) in [4.78, 5) is 26.3. The Hall–Kier alpha value is -2.27. The highest BCUT2D eigenvalue weighted by atomic mass is 32.2. The number of nitrogens with zero attached hydrogens (tertiary/aromatic N) is 1. The van der Waals surface area contributed by atoms with Gasteiger partial charge in [0, 0.05) is 18.8 Å². The zero-order valence-electron chi connectivity index (χ0n) is 15.5. The molecule has 1 unspecified atom stereocenters. The molecule has 0 radical (unpaired) electrons. The molecular weight excluding hydrogens is 346 g/mol. The SMILES string of the molecule is CCN(CC)C(=O)C(SCc1ccc(C(=O)OC)cc1)c1ccccc1. The zero-order valence-corrected chi connectivity index (χ0v) is 16.3. The van der Waals surface area contributed by atoms with Crippen molar-refractivity contribution in [2.24, 2.45) is 0 Å². The van der Waals surface area contributed by atoms with Gasteiger partial charge >= 0.3 is 5.97 Å². The molecule has 0 aliphatic heterocycles. The van der Waals surface area contributed by atoms with Crippen LogP contribution in [-0.4, -0.2) is 37.0 Å². The van der Waals surface area contributed by atoms with Gasteiger partial charge in [0.15, 0.2) is 0 Å². The van der Waals surface area contributed by atoms with Gasteiger partial charge in [-0.05, 0) is 37.1 Å². The highest BCUT2D eigenvalue weighted by Gasteiger charge is 2.24. The Morgan fingerprint density at radius 3 is 2.15 bits per heavy atom. The number of amides is 1. The number of methoxy groups -OCH3 is 1.